The summed E-state index contributed by atoms with van der Waals surface area (Å²) in [6.07, 6.45) is 0. The number of hydrogen-bond donors (Lipinski definition) is 1. The second-order valence-corrected chi connectivity index (χ2v) is 2.93. The van der Waals surface area contributed by atoms with E-state index in [0.29, 0.717) is 0 Å². The van der Waals surface area contributed by atoms with Gasteiger partial charge in [0.05, 0.1) is 10.0 Å². The fraction of sp³-hybridized carbons (Fsp3) is 0. The van der Waals surface area contributed by atoms with Crippen molar-refractivity contribution < 1.29 is 9.18 Å². The van der Waals surface area contributed by atoms with Gasteiger partial charge in [0.1, 0.15) is 0 Å². The molecule has 0 saturated heterocycles. The zero-order valence-corrected chi connectivity index (χ0v) is 7.29. The topological polar surface area (TPSA) is 43.1 Å². The zero-order chi connectivity index (χ0) is 9.30. The van der Waals surface area contributed by atoms with Crippen LogP contribution in [0.3, 0.4) is 0 Å². The number of hydrogen-bond acceptors (Lipinski definition) is 1. The molecule has 1 amide bonds. The number of amides is 1. The minimum Gasteiger partial charge on any atom is -0.366 e. The second-order valence-electron chi connectivity index (χ2n) is 2.12. The Hall–Kier alpha value is -0.800. The molecule has 2 N–H and O–H groups in total. The molecule has 0 bridgehead atoms. The van der Waals surface area contributed by atoms with Crippen molar-refractivity contribution >= 4 is 29.1 Å². The summed E-state index contributed by atoms with van der Waals surface area (Å²) < 4.78 is 12.8. The first-order chi connectivity index (χ1) is 5.52. The summed E-state index contributed by atoms with van der Waals surface area (Å²) in [6, 6.07) is 2.26. The molecule has 5 heteroatoms. The number of halogens is 3. The first-order valence-corrected chi connectivity index (χ1v) is 3.72. The van der Waals surface area contributed by atoms with Gasteiger partial charge in [-0.2, -0.15) is 0 Å². The fourth-order valence-electron chi connectivity index (χ4n) is 0.698. The van der Waals surface area contributed by atoms with Gasteiger partial charge in [-0.05, 0) is 12.1 Å². The molecule has 0 aliphatic rings. The Balaban J connectivity index is 3.31. The quantitative estimate of drug-likeness (QED) is 0.706. The summed E-state index contributed by atoms with van der Waals surface area (Å²) in [5.74, 6) is -1.44. The van der Waals surface area contributed by atoms with Crippen molar-refractivity contribution in [1.29, 1.82) is 0 Å². The molecule has 0 heterocycles. The van der Waals surface area contributed by atoms with Crippen molar-refractivity contribution in [1.82, 2.24) is 0 Å². The fourth-order valence-corrected chi connectivity index (χ4v) is 1.18. The summed E-state index contributed by atoms with van der Waals surface area (Å²) in [7, 11) is 0. The van der Waals surface area contributed by atoms with Crippen molar-refractivity contribution in [2.75, 3.05) is 0 Å². The van der Waals surface area contributed by atoms with E-state index in [-0.39, 0.29) is 15.6 Å². The molecule has 0 aliphatic carbocycles. The van der Waals surface area contributed by atoms with Crippen LogP contribution in [0.15, 0.2) is 12.1 Å². The Bertz CT molecular complexity index is 317. The van der Waals surface area contributed by atoms with Crippen LogP contribution < -0.4 is 5.73 Å². The number of benzene rings is 1. The van der Waals surface area contributed by atoms with Crippen LogP contribution in [-0.4, -0.2) is 5.91 Å². The van der Waals surface area contributed by atoms with Crippen LogP contribution in [0.25, 0.3) is 0 Å². The molecular weight excluding hydrogens is 204 g/mol. The standard InChI is InChI=1S/C7H4Cl2FNO/c8-4-1-3(7(11)12)2-5(9)6(4)10/h1-2H,(H2,11,12). The van der Waals surface area contributed by atoms with Gasteiger partial charge >= 0.3 is 0 Å². The number of carbonyl (C=O) groups is 1. The van der Waals surface area contributed by atoms with Gasteiger partial charge in [-0.25, -0.2) is 4.39 Å². The number of nitrogens with two attached hydrogens (primary N) is 1. The number of carbonyl (C=O) groups excluding carboxylic acids is 1. The average Bonchev–Trinajstić information content (AvgIpc) is 1.99. The van der Waals surface area contributed by atoms with E-state index in [9.17, 15) is 9.18 Å². The van der Waals surface area contributed by atoms with Crippen LogP contribution in [0.1, 0.15) is 10.4 Å². The molecule has 0 saturated carbocycles. The molecule has 0 radical (unpaired) electrons. The van der Waals surface area contributed by atoms with E-state index in [2.05, 4.69) is 0 Å². The van der Waals surface area contributed by atoms with Crippen molar-refractivity contribution in [3.63, 3.8) is 0 Å². The summed E-state index contributed by atoms with van der Waals surface area (Å²) in [5, 5.41) is -0.424. The first-order valence-electron chi connectivity index (χ1n) is 2.96. The second kappa shape index (κ2) is 3.29. The van der Waals surface area contributed by atoms with Crippen LogP contribution in [0.2, 0.25) is 10.0 Å². The third-order valence-electron chi connectivity index (χ3n) is 1.27. The highest BCUT2D eigenvalue weighted by Crippen LogP contribution is 2.24. The van der Waals surface area contributed by atoms with Crippen LogP contribution in [0.5, 0.6) is 0 Å². The molecule has 0 fully saturated rings. The predicted molar refractivity (Wildman–Crippen MR) is 44.9 cm³/mol. The maximum atomic E-state index is 12.8. The van der Waals surface area contributed by atoms with Gasteiger partial charge < -0.3 is 5.73 Å². The molecule has 0 aromatic heterocycles. The minimum absolute atomic E-state index is 0.0893. The van der Waals surface area contributed by atoms with Gasteiger partial charge in [-0.1, -0.05) is 23.2 Å². The molecule has 1 aromatic rings. The third-order valence-corrected chi connectivity index (χ3v) is 1.82. The van der Waals surface area contributed by atoms with E-state index >= 15 is 0 Å². The Labute approximate surface area is 78.1 Å². The predicted octanol–water partition coefficient (Wildman–Crippen LogP) is 2.23. The van der Waals surface area contributed by atoms with E-state index < -0.39 is 11.7 Å². The van der Waals surface area contributed by atoms with Crippen molar-refractivity contribution in [3.05, 3.63) is 33.6 Å². The van der Waals surface area contributed by atoms with Gasteiger partial charge in [0.15, 0.2) is 5.82 Å². The molecule has 0 atom stereocenters. The Kier molecular flexibility index (Phi) is 2.55. The number of primary amides is 1. The molecule has 0 spiro atoms. The maximum absolute atomic E-state index is 12.8. The van der Waals surface area contributed by atoms with Crippen LogP contribution in [0.4, 0.5) is 4.39 Å². The molecule has 64 valence electrons. The van der Waals surface area contributed by atoms with Gasteiger partial charge in [-0.3, -0.25) is 4.79 Å². The monoisotopic (exact) mass is 207 g/mol. The molecule has 0 aliphatic heterocycles. The summed E-state index contributed by atoms with van der Waals surface area (Å²) >= 11 is 10.8. The van der Waals surface area contributed by atoms with Crippen molar-refractivity contribution in [2.45, 2.75) is 0 Å². The van der Waals surface area contributed by atoms with E-state index in [1.165, 1.54) is 0 Å². The van der Waals surface area contributed by atoms with E-state index in [4.69, 9.17) is 28.9 Å². The lowest BCUT2D eigenvalue weighted by molar-refractivity contribution is 0.100. The van der Waals surface area contributed by atoms with Crippen molar-refractivity contribution in [2.24, 2.45) is 5.73 Å². The van der Waals surface area contributed by atoms with E-state index in [1.54, 1.807) is 0 Å². The minimum atomic E-state index is -0.747. The smallest absolute Gasteiger partial charge is 0.248 e. The SMILES string of the molecule is NC(=O)c1cc(Cl)c(F)c(Cl)c1. The Morgan fingerprint density at radius 1 is 1.33 bits per heavy atom. The molecule has 1 aromatic carbocycles. The highest BCUT2D eigenvalue weighted by Gasteiger charge is 2.09. The summed E-state index contributed by atoms with van der Waals surface area (Å²) in [6.45, 7) is 0. The average molecular weight is 208 g/mol. The molecule has 2 nitrogen and oxygen atoms in total. The van der Waals surface area contributed by atoms with Crippen LogP contribution >= 0.6 is 23.2 Å². The lowest BCUT2D eigenvalue weighted by atomic mass is 10.2. The van der Waals surface area contributed by atoms with E-state index in [1.807, 2.05) is 0 Å². The molecule has 1 rings (SSSR count). The molecular formula is C7H4Cl2FNO. The highest BCUT2D eigenvalue weighted by molar-refractivity contribution is 6.35. The lowest BCUT2D eigenvalue weighted by Crippen LogP contribution is -2.11. The van der Waals surface area contributed by atoms with Gasteiger partial charge in [-0.15, -0.1) is 0 Å². The van der Waals surface area contributed by atoms with Crippen molar-refractivity contribution in [3.8, 4) is 0 Å². The highest BCUT2D eigenvalue weighted by atomic mass is 35.5. The third kappa shape index (κ3) is 1.68. The van der Waals surface area contributed by atoms with Crippen LogP contribution in [0, 0.1) is 5.82 Å². The van der Waals surface area contributed by atoms with Gasteiger partial charge in [0.25, 0.3) is 0 Å². The Morgan fingerprint density at radius 2 is 1.75 bits per heavy atom. The lowest BCUT2D eigenvalue weighted by Gasteiger charge is -1.99. The van der Waals surface area contributed by atoms with Gasteiger partial charge in [0.2, 0.25) is 5.91 Å². The summed E-state index contributed by atoms with van der Waals surface area (Å²) in [4.78, 5) is 10.6. The normalized spacial score (nSPS) is 9.92. The maximum Gasteiger partial charge on any atom is 0.248 e. The molecule has 12 heavy (non-hydrogen) atoms. The largest absolute Gasteiger partial charge is 0.366 e. The summed E-state index contributed by atoms with van der Waals surface area (Å²) in [5.41, 5.74) is 5.01. The first kappa shape index (κ1) is 9.29. The zero-order valence-electron chi connectivity index (χ0n) is 5.77. The van der Waals surface area contributed by atoms with Crippen LogP contribution in [-0.2, 0) is 0 Å². The Morgan fingerprint density at radius 3 is 2.08 bits per heavy atom. The number of rotatable bonds is 1. The molecule has 0 unspecified atom stereocenters. The van der Waals surface area contributed by atoms with Gasteiger partial charge in [0, 0.05) is 5.56 Å². The van der Waals surface area contributed by atoms with E-state index in [0.717, 1.165) is 12.1 Å².